The average Bonchev–Trinajstić information content (AvgIpc) is 2.72. The molecule has 0 bridgehead atoms. The third-order valence-electron chi connectivity index (χ3n) is 4.65. The Balaban J connectivity index is 1.99. The van der Waals surface area contributed by atoms with Crippen LogP contribution in [0.15, 0.2) is 24.3 Å². The Bertz CT molecular complexity index is 1270. The molecule has 1 aliphatic rings. The maximum atomic E-state index is 13.0. The number of thiocarbonyl (C=S) groups is 1. The Morgan fingerprint density at radius 2 is 2.03 bits per heavy atom. The zero-order valence-corrected chi connectivity index (χ0v) is 19.7. The second kappa shape index (κ2) is 9.15. The third kappa shape index (κ3) is 4.83. The van der Waals surface area contributed by atoms with Gasteiger partial charge in [0.2, 0.25) is 10.0 Å². The summed E-state index contributed by atoms with van der Waals surface area (Å²) in [6.45, 7) is -0.102. The van der Waals surface area contributed by atoms with Crippen molar-refractivity contribution in [3.8, 4) is 18.1 Å². The number of anilines is 2. The molecule has 33 heavy (non-hydrogen) atoms. The monoisotopic (exact) mass is 539 g/mol. The van der Waals surface area contributed by atoms with Crippen LogP contribution in [0.4, 0.5) is 24.7 Å². The van der Waals surface area contributed by atoms with E-state index in [1.165, 1.54) is 12.1 Å². The van der Waals surface area contributed by atoms with Gasteiger partial charge in [-0.25, -0.2) is 13.4 Å². The Kier molecular flexibility index (Phi) is 7.02. The number of hydrogen-bond acceptors (Lipinski definition) is 6. The minimum atomic E-state index is -4.80. The van der Waals surface area contributed by atoms with Gasteiger partial charge in [0, 0.05) is 18.7 Å². The number of sulfonamides is 1. The number of benzene rings is 1. The van der Waals surface area contributed by atoms with E-state index >= 15 is 0 Å². The number of ether oxygens (including phenoxy) is 1. The summed E-state index contributed by atoms with van der Waals surface area (Å²) in [4.78, 5) is 3.01. The number of aromatic nitrogens is 1. The average molecular weight is 540 g/mol. The van der Waals surface area contributed by atoms with Gasteiger partial charge in [-0.2, -0.15) is 13.2 Å². The highest BCUT2D eigenvalue weighted by atomic mass is 35.5. The standard InChI is InChI=1S/C19H14Cl2F3N3O4S2/c1-3-6-31-13-8-12(10(20)7-11(13)21)25-18(32)16-15(28)9-4-5-14(19(22,23)24)26-17(9)27(2)33(16,29)30/h1,4-5,7-8,15-16,28H,6H2,2H3,(H,25,32). The third-order valence-corrected chi connectivity index (χ3v) is 7.84. The van der Waals surface area contributed by atoms with Crippen LogP contribution in [0.3, 0.4) is 0 Å². The summed E-state index contributed by atoms with van der Waals surface area (Å²) in [5.74, 6) is 1.85. The first-order valence-corrected chi connectivity index (χ1v) is 11.6. The number of pyridine rings is 1. The van der Waals surface area contributed by atoms with Crippen LogP contribution < -0.4 is 14.4 Å². The molecule has 0 saturated carbocycles. The van der Waals surface area contributed by atoms with Gasteiger partial charge >= 0.3 is 6.18 Å². The fraction of sp³-hybridized carbons (Fsp3) is 0.263. The molecule has 2 unspecified atom stereocenters. The second-order valence-electron chi connectivity index (χ2n) is 6.73. The second-order valence-corrected chi connectivity index (χ2v) is 10.1. The van der Waals surface area contributed by atoms with E-state index in [9.17, 15) is 26.7 Å². The van der Waals surface area contributed by atoms with Gasteiger partial charge in [0.15, 0.2) is 5.25 Å². The molecule has 2 heterocycles. The maximum Gasteiger partial charge on any atom is 0.433 e. The molecule has 0 amide bonds. The molecular formula is C19H14Cl2F3N3O4S2. The van der Waals surface area contributed by atoms with Crippen LogP contribution in [0.1, 0.15) is 17.4 Å². The van der Waals surface area contributed by atoms with E-state index < -0.39 is 39.1 Å². The molecule has 1 aromatic carbocycles. The predicted octanol–water partition coefficient (Wildman–Crippen LogP) is 4.04. The number of terminal acetylenes is 1. The number of alkyl halides is 3. The first-order chi connectivity index (χ1) is 15.3. The zero-order chi connectivity index (χ0) is 24.7. The summed E-state index contributed by atoms with van der Waals surface area (Å²) in [5, 5.41) is 11.8. The van der Waals surface area contributed by atoms with Crippen LogP contribution in [0.25, 0.3) is 0 Å². The van der Waals surface area contributed by atoms with Crippen molar-refractivity contribution < 1.29 is 31.4 Å². The lowest BCUT2D eigenvalue weighted by atomic mass is 10.1. The number of halogens is 5. The number of aliphatic hydroxyl groups excluding tert-OH is 1. The minimum Gasteiger partial charge on any atom is -0.479 e. The molecule has 1 aromatic heterocycles. The minimum absolute atomic E-state index is 0.0587. The van der Waals surface area contributed by atoms with E-state index in [-0.39, 0.29) is 38.6 Å². The van der Waals surface area contributed by atoms with E-state index in [1.54, 1.807) is 0 Å². The number of rotatable bonds is 4. The van der Waals surface area contributed by atoms with Crippen molar-refractivity contribution in [2.75, 3.05) is 23.3 Å². The van der Waals surface area contributed by atoms with Crippen molar-refractivity contribution in [1.29, 1.82) is 0 Å². The van der Waals surface area contributed by atoms with E-state index in [0.29, 0.717) is 10.4 Å². The van der Waals surface area contributed by atoms with Gasteiger partial charge in [0.25, 0.3) is 0 Å². The molecule has 7 nitrogen and oxygen atoms in total. The van der Waals surface area contributed by atoms with Gasteiger partial charge in [0.05, 0.1) is 15.7 Å². The predicted molar refractivity (Wildman–Crippen MR) is 122 cm³/mol. The topological polar surface area (TPSA) is 91.8 Å². The van der Waals surface area contributed by atoms with Crippen molar-refractivity contribution in [2.45, 2.75) is 17.5 Å². The van der Waals surface area contributed by atoms with Crippen LogP contribution in [0.5, 0.6) is 5.75 Å². The molecule has 2 aromatic rings. The number of aliphatic hydroxyl groups is 1. The van der Waals surface area contributed by atoms with Crippen molar-refractivity contribution in [3.63, 3.8) is 0 Å². The molecule has 176 valence electrons. The quantitative estimate of drug-likeness (QED) is 0.447. The van der Waals surface area contributed by atoms with Gasteiger partial charge in [-0.1, -0.05) is 47.4 Å². The SMILES string of the molecule is C#CCOc1cc(NC(=S)C2C(O)c3ccc(C(F)(F)F)nc3N(C)S2(=O)=O)c(Cl)cc1Cl. The first kappa shape index (κ1) is 25.3. The molecule has 14 heteroatoms. The first-order valence-electron chi connectivity index (χ1n) is 8.89. The van der Waals surface area contributed by atoms with Gasteiger partial charge in [-0.3, -0.25) is 4.31 Å². The van der Waals surface area contributed by atoms with Crippen LogP contribution in [0, 0.1) is 12.3 Å². The number of fused-ring (bicyclic) bond motifs is 1. The molecule has 2 atom stereocenters. The molecule has 0 fully saturated rings. The Morgan fingerprint density at radius 1 is 1.36 bits per heavy atom. The van der Waals surface area contributed by atoms with Gasteiger partial charge in [-0.05, 0) is 12.1 Å². The smallest absolute Gasteiger partial charge is 0.433 e. The van der Waals surface area contributed by atoms with Gasteiger partial charge in [-0.15, -0.1) is 6.42 Å². The lowest BCUT2D eigenvalue weighted by Gasteiger charge is -2.36. The van der Waals surface area contributed by atoms with Crippen LogP contribution in [0.2, 0.25) is 10.0 Å². The highest BCUT2D eigenvalue weighted by Crippen LogP contribution is 2.41. The Hall–Kier alpha value is -2.30. The summed E-state index contributed by atoms with van der Waals surface area (Å²) in [5.41, 5.74) is -1.34. The fourth-order valence-electron chi connectivity index (χ4n) is 3.05. The van der Waals surface area contributed by atoms with Crippen LogP contribution in [-0.4, -0.2) is 42.4 Å². The van der Waals surface area contributed by atoms with Gasteiger partial charge in [0.1, 0.15) is 35.0 Å². The van der Waals surface area contributed by atoms with Crippen molar-refractivity contribution in [2.24, 2.45) is 0 Å². The van der Waals surface area contributed by atoms with E-state index in [4.69, 9.17) is 46.6 Å². The molecule has 0 aliphatic carbocycles. The molecule has 0 radical (unpaired) electrons. The maximum absolute atomic E-state index is 13.0. The largest absolute Gasteiger partial charge is 0.479 e. The van der Waals surface area contributed by atoms with E-state index in [1.807, 2.05) is 0 Å². The summed E-state index contributed by atoms with van der Waals surface area (Å²) in [6, 6.07) is 4.25. The summed E-state index contributed by atoms with van der Waals surface area (Å²) in [6.07, 6.45) is -1.45. The summed E-state index contributed by atoms with van der Waals surface area (Å²) in [7, 11) is -3.45. The Morgan fingerprint density at radius 3 is 2.64 bits per heavy atom. The summed E-state index contributed by atoms with van der Waals surface area (Å²) < 4.78 is 71.0. The fourth-order valence-corrected chi connectivity index (χ4v) is 5.67. The highest BCUT2D eigenvalue weighted by molar-refractivity contribution is 7.96. The lowest BCUT2D eigenvalue weighted by Crippen LogP contribution is -2.50. The van der Waals surface area contributed by atoms with Crippen molar-refractivity contribution in [1.82, 2.24) is 4.98 Å². The van der Waals surface area contributed by atoms with Crippen molar-refractivity contribution in [3.05, 3.63) is 45.6 Å². The molecule has 0 saturated heterocycles. The van der Waals surface area contributed by atoms with Crippen LogP contribution in [-0.2, 0) is 16.2 Å². The number of hydrogen-bond donors (Lipinski definition) is 2. The van der Waals surface area contributed by atoms with E-state index in [2.05, 4.69) is 16.2 Å². The molecule has 2 N–H and O–H groups in total. The van der Waals surface area contributed by atoms with Gasteiger partial charge < -0.3 is 15.2 Å². The highest BCUT2D eigenvalue weighted by Gasteiger charge is 2.47. The number of nitrogens with zero attached hydrogens (tertiary/aromatic N) is 2. The lowest BCUT2D eigenvalue weighted by molar-refractivity contribution is -0.141. The normalized spacial score (nSPS) is 19.4. The Labute approximate surface area is 202 Å². The van der Waals surface area contributed by atoms with E-state index in [0.717, 1.165) is 13.1 Å². The molecule has 0 spiro atoms. The molecule has 3 rings (SSSR count). The zero-order valence-electron chi connectivity index (χ0n) is 16.5. The van der Waals surface area contributed by atoms with Crippen LogP contribution >= 0.6 is 35.4 Å². The molecular weight excluding hydrogens is 526 g/mol. The number of nitrogens with one attached hydrogen (secondary N) is 1. The van der Waals surface area contributed by atoms with Crippen molar-refractivity contribution >= 4 is 61.9 Å². The summed E-state index contributed by atoms with van der Waals surface area (Å²) >= 11 is 17.4. The molecule has 1 aliphatic heterocycles.